The third-order valence-corrected chi connectivity index (χ3v) is 3.23. The van der Waals surface area contributed by atoms with E-state index in [0.717, 1.165) is 16.9 Å². The van der Waals surface area contributed by atoms with E-state index in [1.165, 1.54) is 6.08 Å². The summed E-state index contributed by atoms with van der Waals surface area (Å²) in [5, 5.41) is 10.00. The van der Waals surface area contributed by atoms with Crippen LogP contribution in [0.25, 0.3) is 6.08 Å². The molecule has 0 unspecified atom stereocenters. The maximum absolute atomic E-state index is 12.2. The van der Waals surface area contributed by atoms with Crippen molar-refractivity contribution in [2.45, 2.75) is 13.8 Å². The van der Waals surface area contributed by atoms with Crippen LogP contribution in [0.2, 0.25) is 0 Å². The molecule has 0 aliphatic heterocycles. The van der Waals surface area contributed by atoms with E-state index in [2.05, 4.69) is 0 Å². The number of phenolic OH excluding ortho intramolecular Hbond substituents is 1. The second-order valence-electron chi connectivity index (χ2n) is 4.95. The van der Waals surface area contributed by atoms with Crippen LogP contribution in [0.15, 0.2) is 42.5 Å². The Bertz CT molecular complexity index is 700. The number of benzene rings is 2. The lowest BCUT2D eigenvalue weighted by molar-refractivity contribution is 0.104. The summed E-state index contributed by atoms with van der Waals surface area (Å²) >= 11 is 0. The summed E-state index contributed by atoms with van der Waals surface area (Å²) in [7, 11) is 1.60. The first-order valence-electron chi connectivity index (χ1n) is 6.68. The zero-order chi connectivity index (χ0) is 15.4. The van der Waals surface area contributed by atoms with Crippen LogP contribution in [-0.2, 0) is 0 Å². The van der Waals surface area contributed by atoms with Gasteiger partial charge in [-0.3, -0.25) is 4.79 Å². The van der Waals surface area contributed by atoms with E-state index in [4.69, 9.17) is 4.74 Å². The second-order valence-corrected chi connectivity index (χ2v) is 4.95. The molecule has 0 heterocycles. The fourth-order valence-corrected chi connectivity index (χ4v) is 2.15. The van der Waals surface area contributed by atoms with E-state index in [9.17, 15) is 9.90 Å². The molecule has 108 valence electrons. The summed E-state index contributed by atoms with van der Waals surface area (Å²) in [6.45, 7) is 3.68. The number of hydrogen-bond acceptors (Lipinski definition) is 3. The van der Waals surface area contributed by atoms with Crippen molar-refractivity contribution in [3.63, 3.8) is 0 Å². The van der Waals surface area contributed by atoms with Gasteiger partial charge in [0.25, 0.3) is 0 Å². The first-order valence-corrected chi connectivity index (χ1v) is 6.68. The Morgan fingerprint density at radius 1 is 1.19 bits per heavy atom. The number of ketones is 1. The molecule has 0 amide bonds. The van der Waals surface area contributed by atoms with Crippen molar-refractivity contribution in [3.05, 3.63) is 64.7 Å². The quantitative estimate of drug-likeness (QED) is 0.683. The average molecular weight is 282 g/mol. The number of carbonyl (C=O) groups excluding carboxylic acids is 1. The molecule has 0 saturated heterocycles. The van der Waals surface area contributed by atoms with E-state index in [1.54, 1.807) is 26.2 Å². The van der Waals surface area contributed by atoms with Gasteiger partial charge in [-0.1, -0.05) is 24.3 Å². The molecule has 0 aliphatic rings. The lowest BCUT2D eigenvalue weighted by Crippen LogP contribution is -1.97. The van der Waals surface area contributed by atoms with Gasteiger partial charge in [0.1, 0.15) is 11.5 Å². The number of hydrogen-bond donors (Lipinski definition) is 1. The van der Waals surface area contributed by atoms with Crippen LogP contribution in [0.1, 0.15) is 27.0 Å². The highest BCUT2D eigenvalue weighted by Crippen LogP contribution is 2.24. The fraction of sp³-hybridized carbons (Fsp3) is 0.167. The maximum Gasteiger partial charge on any atom is 0.189 e. The number of aromatic hydroxyl groups is 1. The number of aryl methyl sites for hydroxylation is 2. The van der Waals surface area contributed by atoms with Gasteiger partial charge in [-0.2, -0.15) is 0 Å². The summed E-state index contributed by atoms with van der Waals surface area (Å²) in [5.41, 5.74) is 2.84. The summed E-state index contributed by atoms with van der Waals surface area (Å²) in [6, 6.07) is 11.0. The number of rotatable bonds is 4. The molecule has 0 aromatic heterocycles. The minimum absolute atomic E-state index is 0.0425. The molecule has 0 radical (unpaired) electrons. The van der Waals surface area contributed by atoms with Crippen LogP contribution in [0.3, 0.4) is 0 Å². The predicted octanol–water partition coefficient (Wildman–Crippen LogP) is 3.91. The van der Waals surface area contributed by atoms with Gasteiger partial charge in [-0.25, -0.2) is 0 Å². The molecular weight excluding hydrogens is 264 g/mol. The molecule has 0 saturated carbocycles. The van der Waals surface area contributed by atoms with E-state index >= 15 is 0 Å². The van der Waals surface area contributed by atoms with Crippen LogP contribution in [0, 0.1) is 13.8 Å². The number of carbonyl (C=O) groups is 1. The Morgan fingerprint density at radius 2 is 1.95 bits per heavy atom. The van der Waals surface area contributed by atoms with Gasteiger partial charge in [0.15, 0.2) is 5.78 Å². The number of methoxy groups -OCH3 is 1. The molecule has 2 aromatic rings. The van der Waals surface area contributed by atoms with Crippen molar-refractivity contribution >= 4 is 11.9 Å². The Labute approximate surface area is 124 Å². The van der Waals surface area contributed by atoms with Gasteiger partial charge in [-0.15, -0.1) is 0 Å². The smallest absolute Gasteiger partial charge is 0.189 e. The first-order chi connectivity index (χ1) is 10.0. The maximum atomic E-state index is 12.2. The Kier molecular flexibility index (Phi) is 4.43. The van der Waals surface area contributed by atoms with Crippen LogP contribution in [-0.4, -0.2) is 18.0 Å². The first kappa shape index (κ1) is 14.9. The number of phenols is 1. The molecule has 0 bridgehead atoms. The lowest BCUT2D eigenvalue weighted by Gasteiger charge is -2.06. The normalized spacial score (nSPS) is 10.8. The van der Waals surface area contributed by atoms with Crippen LogP contribution in [0.4, 0.5) is 0 Å². The second kappa shape index (κ2) is 6.27. The molecule has 2 rings (SSSR count). The predicted molar refractivity (Wildman–Crippen MR) is 83.9 cm³/mol. The monoisotopic (exact) mass is 282 g/mol. The van der Waals surface area contributed by atoms with Crippen molar-refractivity contribution in [3.8, 4) is 11.5 Å². The summed E-state index contributed by atoms with van der Waals surface area (Å²) in [4.78, 5) is 12.2. The summed E-state index contributed by atoms with van der Waals surface area (Å²) < 4.78 is 5.14. The van der Waals surface area contributed by atoms with Crippen molar-refractivity contribution in [1.82, 2.24) is 0 Å². The zero-order valence-corrected chi connectivity index (χ0v) is 12.4. The van der Waals surface area contributed by atoms with E-state index < -0.39 is 0 Å². The van der Waals surface area contributed by atoms with Crippen molar-refractivity contribution in [2.24, 2.45) is 0 Å². The van der Waals surface area contributed by atoms with Gasteiger partial charge >= 0.3 is 0 Å². The molecule has 0 aliphatic carbocycles. The van der Waals surface area contributed by atoms with Gasteiger partial charge in [0, 0.05) is 0 Å². The Hall–Kier alpha value is -2.55. The molecule has 3 nitrogen and oxygen atoms in total. The highest BCUT2D eigenvalue weighted by atomic mass is 16.5. The molecule has 21 heavy (non-hydrogen) atoms. The molecular formula is C18H18O3. The molecule has 1 N–H and O–H groups in total. The topological polar surface area (TPSA) is 46.5 Å². The van der Waals surface area contributed by atoms with Gasteiger partial charge in [0.2, 0.25) is 0 Å². The molecule has 2 aromatic carbocycles. The highest BCUT2D eigenvalue weighted by Gasteiger charge is 2.11. The standard InChI is InChI=1S/C18H18O3/c1-12-9-13(2)18(20)16(10-12)17(19)8-7-14-5-4-6-15(11-14)21-3/h4-11,20H,1-3H3/b8-7+. The average Bonchev–Trinajstić information content (AvgIpc) is 2.48. The van der Waals surface area contributed by atoms with E-state index in [1.807, 2.05) is 37.3 Å². The lowest BCUT2D eigenvalue weighted by atomic mass is 10.0. The largest absolute Gasteiger partial charge is 0.507 e. The fourth-order valence-electron chi connectivity index (χ4n) is 2.15. The van der Waals surface area contributed by atoms with E-state index in [0.29, 0.717) is 11.1 Å². The Balaban J connectivity index is 2.27. The molecule has 3 heteroatoms. The summed E-state index contributed by atoms with van der Waals surface area (Å²) in [6.07, 6.45) is 3.17. The van der Waals surface area contributed by atoms with Crippen molar-refractivity contribution < 1.29 is 14.6 Å². The Morgan fingerprint density at radius 3 is 2.67 bits per heavy atom. The minimum Gasteiger partial charge on any atom is -0.507 e. The number of allylic oxidation sites excluding steroid dienone is 1. The van der Waals surface area contributed by atoms with Crippen LogP contribution in [0.5, 0.6) is 11.5 Å². The van der Waals surface area contributed by atoms with Crippen molar-refractivity contribution in [1.29, 1.82) is 0 Å². The molecule has 0 atom stereocenters. The van der Waals surface area contributed by atoms with E-state index in [-0.39, 0.29) is 11.5 Å². The number of ether oxygens (including phenoxy) is 1. The zero-order valence-electron chi connectivity index (χ0n) is 12.4. The summed E-state index contributed by atoms with van der Waals surface area (Å²) in [5.74, 6) is 0.557. The SMILES string of the molecule is COc1cccc(/C=C/C(=O)c2cc(C)cc(C)c2O)c1. The molecule has 0 spiro atoms. The van der Waals surface area contributed by atoms with Gasteiger partial charge < -0.3 is 9.84 Å². The highest BCUT2D eigenvalue weighted by molar-refractivity contribution is 6.08. The van der Waals surface area contributed by atoms with Gasteiger partial charge in [0.05, 0.1) is 12.7 Å². The van der Waals surface area contributed by atoms with Crippen molar-refractivity contribution in [2.75, 3.05) is 7.11 Å². The third-order valence-electron chi connectivity index (χ3n) is 3.23. The van der Waals surface area contributed by atoms with Crippen LogP contribution >= 0.6 is 0 Å². The van der Waals surface area contributed by atoms with Gasteiger partial charge in [-0.05, 0) is 54.8 Å². The minimum atomic E-state index is -0.220. The van der Waals surface area contributed by atoms with Crippen LogP contribution < -0.4 is 4.74 Å². The third kappa shape index (κ3) is 3.51. The molecule has 0 fully saturated rings.